The molecule has 0 spiro atoms. The fraction of sp³-hybridized carbons (Fsp3) is 0.188. The zero-order chi connectivity index (χ0) is 13.5. The van der Waals surface area contributed by atoms with Crippen LogP contribution in [0, 0.1) is 6.92 Å². The third-order valence-corrected chi connectivity index (χ3v) is 2.72. The van der Waals surface area contributed by atoms with E-state index in [1.54, 1.807) is 0 Å². The van der Waals surface area contributed by atoms with E-state index in [0.717, 1.165) is 5.56 Å². The number of aryl methyl sites for hydroxylation is 1. The van der Waals surface area contributed by atoms with Crippen LogP contribution in [0.2, 0.25) is 0 Å². The summed E-state index contributed by atoms with van der Waals surface area (Å²) in [6.07, 6.45) is 0. The van der Waals surface area contributed by atoms with Gasteiger partial charge in [0.1, 0.15) is 5.75 Å². The molecule has 0 heterocycles. The lowest BCUT2D eigenvalue weighted by molar-refractivity contribution is -0.123. The summed E-state index contributed by atoms with van der Waals surface area (Å²) in [4.78, 5) is 11.6. The maximum atomic E-state index is 11.6. The maximum absolute atomic E-state index is 11.6. The second-order valence-corrected chi connectivity index (χ2v) is 4.36. The number of hydrogen-bond donors (Lipinski definition) is 1. The molecule has 0 fully saturated rings. The molecule has 3 nitrogen and oxygen atoms in total. The number of nitrogens with one attached hydrogen (secondary N) is 1. The van der Waals surface area contributed by atoms with Crippen molar-refractivity contribution in [1.29, 1.82) is 0 Å². The third-order valence-electron chi connectivity index (χ3n) is 2.72. The van der Waals surface area contributed by atoms with Crippen molar-refractivity contribution in [3.63, 3.8) is 0 Å². The van der Waals surface area contributed by atoms with Gasteiger partial charge in [-0.3, -0.25) is 4.79 Å². The number of carbonyl (C=O) groups is 1. The van der Waals surface area contributed by atoms with Crippen molar-refractivity contribution in [1.82, 2.24) is 5.32 Å². The van der Waals surface area contributed by atoms with Gasteiger partial charge in [-0.15, -0.1) is 0 Å². The summed E-state index contributed by atoms with van der Waals surface area (Å²) in [5, 5.41) is 2.82. The fourth-order valence-electron chi connectivity index (χ4n) is 1.62. The van der Waals surface area contributed by atoms with Gasteiger partial charge in [0.15, 0.2) is 6.61 Å². The van der Waals surface area contributed by atoms with Crippen LogP contribution in [0.3, 0.4) is 0 Å². The van der Waals surface area contributed by atoms with Gasteiger partial charge in [0.2, 0.25) is 0 Å². The summed E-state index contributed by atoms with van der Waals surface area (Å²) in [5.74, 6) is 0.581. The second kappa shape index (κ2) is 6.59. The smallest absolute Gasteiger partial charge is 0.258 e. The van der Waals surface area contributed by atoms with E-state index in [1.807, 2.05) is 61.5 Å². The number of para-hydroxylation sites is 1. The average Bonchev–Trinajstić information content (AvgIpc) is 2.45. The summed E-state index contributed by atoms with van der Waals surface area (Å²) in [6, 6.07) is 17.4. The van der Waals surface area contributed by atoms with Crippen LogP contribution in [-0.2, 0) is 11.3 Å². The zero-order valence-corrected chi connectivity index (χ0v) is 10.9. The molecule has 0 aliphatic rings. The van der Waals surface area contributed by atoms with Crippen molar-refractivity contribution < 1.29 is 9.53 Å². The fourth-order valence-corrected chi connectivity index (χ4v) is 1.62. The molecule has 3 heteroatoms. The Balaban J connectivity index is 1.74. The largest absolute Gasteiger partial charge is 0.484 e. The molecule has 0 unspecified atom stereocenters. The molecule has 19 heavy (non-hydrogen) atoms. The number of benzene rings is 2. The van der Waals surface area contributed by atoms with Crippen LogP contribution in [0.15, 0.2) is 54.6 Å². The first-order valence-electron chi connectivity index (χ1n) is 6.24. The minimum absolute atomic E-state index is 0.0376. The van der Waals surface area contributed by atoms with E-state index in [0.29, 0.717) is 12.3 Å². The van der Waals surface area contributed by atoms with E-state index < -0.39 is 0 Å². The van der Waals surface area contributed by atoms with Crippen molar-refractivity contribution in [3.8, 4) is 5.75 Å². The van der Waals surface area contributed by atoms with Gasteiger partial charge in [-0.1, -0.05) is 48.0 Å². The Bertz CT molecular complexity index is 520. The lowest BCUT2D eigenvalue weighted by atomic mass is 10.1. The quantitative estimate of drug-likeness (QED) is 0.892. The molecular weight excluding hydrogens is 238 g/mol. The minimum Gasteiger partial charge on any atom is -0.484 e. The van der Waals surface area contributed by atoms with Crippen molar-refractivity contribution in [2.45, 2.75) is 13.5 Å². The lowest BCUT2D eigenvalue weighted by Gasteiger charge is -2.07. The molecule has 0 bridgehead atoms. The minimum atomic E-state index is -0.121. The summed E-state index contributed by atoms with van der Waals surface area (Å²) in [6.45, 7) is 2.60. The first-order valence-corrected chi connectivity index (χ1v) is 6.24. The molecular formula is C16H17NO2. The van der Waals surface area contributed by atoms with Crippen LogP contribution in [0.1, 0.15) is 11.1 Å². The predicted octanol–water partition coefficient (Wildman–Crippen LogP) is 2.69. The second-order valence-electron chi connectivity index (χ2n) is 4.36. The first kappa shape index (κ1) is 13.1. The Hall–Kier alpha value is -2.29. The Labute approximate surface area is 113 Å². The van der Waals surface area contributed by atoms with Crippen LogP contribution in [0.25, 0.3) is 0 Å². The SMILES string of the molecule is Cc1ccc(CNC(=O)COc2ccccc2)cc1. The highest BCUT2D eigenvalue weighted by Crippen LogP contribution is 2.07. The highest BCUT2D eigenvalue weighted by Gasteiger charge is 2.02. The topological polar surface area (TPSA) is 38.3 Å². The van der Waals surface area contributed by atoms with Gasteiger partial charge in [0, 0.05) is 6.54 Å². The monoisotopic (exact) mass is 255 g/mol. The highest BCUT2D eigenvalue weighted by atomic mass is 16.5. The Kier molecular flexibility index (Phi) is 4.56. The van der Waals surface area contributed by atoms with Gasteiger partial charge in [-0.2, -0.15) is 0 Å². The zero-order valence-electron chi connectivity index (χ0n) is 10.9. The Morgan fingerprint density at radius 1 is 1.05 bits per heavy atom. The number of amides is 1. The van der Waals surface area contributed by atoms with E-state index >= 15 is 0 Å². The van der Waals surface area contributed by atoms with Gasteiger partial charge < -0.3 is 10.1 Å². The highest BCUT2D eigenvalue weighted by molar-refractivity contribution is 5.77. The van der Waals surface area contributed by atoms with E-state index in [9.17, 15) is 4.79 Å². The summed E-state index contributed by atoms with van der Waals surface area (Å²) >= 11 is 0. The molecule has 2 rings (SSSR count). The molecule has 0 radical (unpaired) electrons. The van der Waals surface area contributed by atoms with Crippen molar-refractivity contribution in [3.05, 3.63) is 65.7 Å². The summed E-state index contributed by atoms with van der Waals surface area (Å²) in [5.41, 5.74) is 2.29. The lowest BCUT2D eigenvalue weighted by Crippen LogP contribution is -2.28. The molecule has 0 aliphatic heterocycles. The third kappa shape index (κ3) is 4.47. The number of ether oxygens (including phenoxy) is 1. The van der Waals surface area contributed by atoms with E-state index in [1.165, 1.54) is 5.56 Å². The molecule has 0 saturated carbocycles. The van der Waals surface area contributed by atoms with Crippen LogP contribution in [0.4, 0.5) is 0 Å². The normalized spacial score (nSPS) is 9.95. The average molecular weight is 255 g/mol. The first-order chi connectivity index (χ1) is 9.24. The van der Waals surface area contributed by atoms with E-state index in [-0.39, 0.29) is 12.5 Å². The van der Waals surface area contributed by atoms with Gasteiger partial charge >= 0.3 is 0 Å². The predicted molar refractivity (Wildman–Crippen MR) is 75.0 cm³/mol. The molecule has 1 amide bonds. The van der Waals surface area contributed by atoms with Gasteiger partial charge in [-0.25, -0.2) is 0 Å². The molecule has 98 valence electrons. The molecule has 0 atom stereocenters. The van der Waals surface area contributed by atoms with Crippen LogP contribution < -0.4 is 10.1 Å². The molecule has 1 N–H and O–H groups in total. The van der Waals surface area contributed by atoms with Crippen LogP contribution in [-0.4, -0.2) is 12.5 Å². The number of carbonyl (C=O) groups excluding carboxylic acids is 1. The van der Waals surface area contributed by atoms with E-state index in [2.05, 4.69) is 5.32 Å². The number of hydrogen-bond acceptors (Lipinski definition) is 2. The van der Waals surface area contributed by atoms with Crippen molar-refractivity contribution in [2.24, 2.45) is 0 Å². The van der Waals surface area contributed by atoms with Gasteiger partial charge in [-0.05, 0) is 24.6 Å². The maximum Gasteiger partial charge on any atom is 0.258 e. The van der Waals surface area contributed by atoms with E-state index in [4.69, 9.17) is 4.74 Å². The Morgan fingerprint density at radius 2 is 1.74 bits per heavy atom. The number of rotatable bonds is 5. The van der Waals surface area contributed by atoms with Crippen LogP contribution in [0.5, 0.6) is 5.75 Å². The molecule has 2 aromatic rings. The van der Waals surface area contributed by atoms with Crippen LogP contribution >= 0.6 is 0 Å². The summed E-state index contributed by atoms with van der Waals surface area (Å²) < 4.78 is 5.36. The van der Waals surface area contributed by atoms with Crippen molar-refractivity contribution >= 4 is 5.91 Å². The van der Waals surface area contributed by atoms with Crippen molar-refractivity contribution in [2.75, 3.05) is 6.61 Å². The van der Waals surface area contributed by atoms with Gasteiger partial charge in [0.05, 0.1) is 0 Å². The Morgan fingerprint density at radius 3 is 2.42 bits per heavy atom. The standard InChI is InChI=1S/C16H17NO2/c1-13-7-9-14(10-8-13)11-17-16(18)12-19-15-5-3-2-4-6-15/h2-10H,11-12H2,1H3,(H,17,18). The molecule has 0 aromatic heterocycles. The summed E-state index contributed by atoms with van der Waals surface area (Å²) in [7, 11) is 0. The van der Waals surface area contributed by atoms with Gasteiger partial charge in [0.25, 0.3) is 5.91 Å². The molecule has 0 aliphatic carbocycles. The molecule has 0 saturated heterocycles. The molecule has 2 aromatic carbocycles.